The third-order valence-corrected chi connectivity index (χ3v) is 5.81. The molecule has 0 spiro atoms. The van der Waals surface area contributed by atoms with Gasteiger partial charge in [0.25, 0.3) is 0 Å². The first-order chi connectivity index (χ1) is 14.6. The van der Waals surface area contributed by atoms with Crippen LogP contribution in [-0.2, 0) is 30.3 Å². The third-order valence-electron chi connectivity index (χ3n) is 5.81. The van der Waals surface area contributed by atoms with Gasteiger partial charge in [-0.1, -0.05) is 57.7 Å². The highest BCUT2D eigenvalue weighted by Crippen LogP contribution is 2.38. The summed E-state index contributed by atoms with van der Waals surface area (Å²) in [6.07, 6.45) is 1.43. The molecule has 0 saturated carbocycles. The highest BCUT2D eigenvalue weighted by Gasteiger charge is 2.45. The lowest BCUT2D eigenvalue weighted by Crippen LogP contribution is -2.54. The predicted octanol–water partition coefficient (Wildman–Crippen LogP) is 5.67. The van der Waals surface area contributed by atoms with Gasteiger partial charge in [0, 0.05) is 24.9 Å². The van der Waals surface area contributed by atoms with Gasteiger partial charge in [0.1, 0.15) is 6.10 Å². The molecule has 0 bridgehead atoms. The van der Waals surface area contributed by atoms with Gasteiger partial charge >= 0.3 is 5.97 Å². The van der Waals surface area contributed by atoms with E-state index in [0.717, 1.165) is 24.0 Å². The Bertz CT molecular complexity index is 699. The molecule has 0 aliphatic carbocycles. The van der Waals surface area contributed by atoms with Crippen LogP contribution in [0, 0.1) is 11.8 Å². The second kappa shape index (κ2) is 11.8. The lowest BCUT2D eigenvalue weighted by Gasteiger charge is -2.48. The van der Waals surface area contributed by atoms with Crippen molar-refractivity contribution in [2.24, 2.45) is 11.8 Å². The summed E-state index contributed by atoms with van der Waals surface area (Å²) in [5.74, 6) is -0.825. The van der Waals surface area contributed by atoms with Gasteiger partial charge in [-0.3, -0.25) is 4.79 Å². The average molecular weight is 433 g/mol. The Morgan fingerprint density at radius 1 is 1.23 bits per heavy atom. The monoisotopic (exact) mass is 432 g/mol. The van der Waals surface area contributed by atoms with Gasteiger partial charge in [-0.05, 0) is 44.7 Å². The molecule has 5 nitrogen and oxygen atoms in total. The highest BCUT2D eigenvalue weighted by atomic mass is 16.7. The summed E-state index contributed by atoms with van der Waals surface area (Å²) in [4.78, 5) is 12.2. The van der Waals surface area contributed by atoms with Crippen LogP contribution in [0.1, 0.15) is 66.4 Å². The van der Waals surface area contributed by atoms with Gasteiger partial charge in [0.15, 0.2) is 5.79 Å². The van der Waals surface area contributed by atoms with Gasteiger partial charge < -0.3 is 18.9 Å². The predicted molar refractivity (Wildman–Crippen MR) is 122 cm³/mol. The van der Waals surface area contributed by atoms with Crippen LogP contribution >= 0.6 is 0 Å². The fraction of sp³-hybridized carbons (Fsp3) is 0.654. The van der Waals surface area contributed by atoms with Gasteiger partial charge in [0.05, 0.1) is 18.8 Å². The summed E-state index contributed by atoms with van der Waals surface area (Å²) in [6, 6.07) is 10.2. The van der Waals surface area contributed by atoms with Gasteiger partial charge in [-0.15, -0.1) is 0 Å². The number of hydrogen-bond acceptors (Lipinski definition) is 5. The zero-order valence-corrected chi connectivity index (χ0v) is 20.1. The Kier molecular flexibility index (Phi) is 9.73. The molecule has 5 atom stereocenters. The molecule has 31 heavy (non-hydrogen) atoms. The summed E-state index contributed by atoms with van der Waals surface area (Å²) < 4.78 is 24.3. The SMILES string of the molecule is C=C(C)[C@H](OC(=O)CCC)[C@@H](C)[C@H]1OC(C)(C)O[C@@H](CCOCc2ccccc2)[C@@H]1C. The number of carbonyl (C=O) groups is 1. The van der Waals surface area contributed by atoms with E-state index < -0.39 is 5.79 Å². The van der Waals surface area contributed by atoms with E-state index in [4.69, 9.17) is 18.9 Å². The van der Waals surface area contributed by atoms with E-state index in [1.807, 2.05) is 45.9 Å². The van der Waals surface area contributed by atoms with Crippen molar-refractivity contribution in [2.45, 2.75) is 91.5 Å². The molecule has 1 aliphatic heterocycles. The van der Waals surface area contributed by atoms with E-state index in [0.29, 0.717) is 19.6 Å². The summed E-state index contributed by atoms with van der Waals surface area (Å²) in [7, 11) is 0. The standard InChI is InChI=1S/C26H40O5/c1-8-12-23(27)29-24(18(2)3)20(5)25-19(4)22(30-26(6,7)31-25)15-16-28-17-21-13-10-9-11-14-21/h9-11,13-14,19-20,22,24-25H,2,8,12,15-17H2,1,3-7H3/t19-,20+,22-,24-,25-/m0/s1. The van der Waals surface area contributed by atoms with Crippen LogP contribution in [0.5, 0.6) is 0 Å². The Labute approximate surface area is 188 Å². The quantitative estimate of drug-likeness (QED) is 0.256. The van der Waals surface area contributed by atoms with Gasteiger partial charge in [-0.25, -0.2) is 0 Å². The fourth-order valence-corrected chi connectivity index (χ4v) is 4.25. The maximum Gasteiger partial charge on any atom is 0.306 e. The number of benzene rings is 1. The first-order valence-electron chi connectivity index (χ1n) is 11.5. The molecule has 1 aromatic rings. The van der Waals surface area contributed by atoms with Crippen molar-refractivity contribution < 1.29 is 23.7 Å². The van der Waals surface area contributed by atoms with Crippen molar-refractivity contribution in [3.8, 4) is 0 Å². The van der Waals surface area contributed by atoms with Crippen LogP contribution < -0.4 is 0 Å². The Hall–Kier alpha value is -1.69. The number of esters is 1. The molecule has 0 radical (unpaired) electrons. The van der Waals surface area contributed by atoms with E-state index in [1.54, 1.807) is 0 Å². The van der Waals surface area contributed by atoms with Crippen molar-refractivity contribution in [3.05, 3.63) is 48.0 Å². The Balaban J connectivity index is 2.01. The van der Waals surface area contributed by atoms with E-state index >= 15 is 0 Å². The Morgan fingerprint density at radius 3 is 2.52 bits per heavy atom. The third kappa shape index (κ3) is 7.74. The van der Waals surface area contributed by atoms with Crippen molar-refractivity contribution in [3.63, 3.8) is 0 Å². The molecular weight excluding hydrogens is 392 g/mol. The minimum Gasteiger partial charge on any atom is -0.457 e. The zero-order chi connectivity index (χ0) is 23.0. The van der Waals surface area contributed by atoms with E-state index in [2.05, 4.69) is 32.6 Å². The molecule has 1 heterocycles. The summed E-state index contributed by atoms with van der Waals surface area (Å²) in [5, 5.41) is 0. The van der Waals surface area contributed by atoms with Crippen molar-refractivity contribution >= 4 is 5.97 Å². The van der Waals surface area contributed by atoms with Gasteiger partial charge in [0.2, 0.25) is 0 Å². The average Bonchev–Trinajstić information content (AvgIpc) is 2.71. The molecule has 0 unspecified atom stereocenters. The topological polar surface area (TPSA) is 54.0 Å². The first-order valence-corrected chi connectivity index (χ1v) is 11.5. The second-order valence-corrected chi connectivity index (χ2v) is 9.19. The summed E-state index contributed by atoms with van der Waals surface area (Å²) >= 11 is 0. The van der Waals surface area contributed by atoms with Crippen LogP contribution in [0.25, 0.3) is 0 Å². The van der Waals surface area contributed by atoms with Crippen LogP contribution in [-0.4, -0.2) is 36.7 Å². The van der Waals surface area contributed by atoms with Crippen molar-refractivity contribution in [1.82, 2.24) is 0 Å². The maximum absolute atomic E-state index is 12.2. The summed E-state index contributed by atoms with van der Waals surface area (Å²) in [5.41, 5.74) is 1.99. The molecule has 1 aromatic carbocycles. The van der Waals surface area contributed by atoms with Crippen LogP contribution in [0.2, 0.25) is 0 Å². The fourth-order valence-electron chi connectivity index (χ4n) is 4.25. The second-order valence-electron chi connectivity index (χ2n) is 9.19. The van der Waals surface area contributed by atoms with E-state index in [1.165, 1.54) is 0 Å². The van der Waals surface area contributed by atoms with Gasteiger partial charge in [-0.2, -0.15) is 0 Å². The number of carbonyl (C=O) groups excluding carboxylic acids is 1. The lowest BCUT2D eigenvalue weighted by molar-refractivity contribution is -0.331. The molecule has 1 aliphatic rings. The molecule has 1 fully saturated rings. The van der Waals surface area contributed by atoms with E-state index in [-0.39, 0.29) is 36.1 Å². The van der Waals surface area contributed by atoms with Crippen molar-refractivity contribution in [1.29, 1.82) is 0 Å². The number of hydrogen-bond donors (Lipinski definition) is 0. The largest absolute Gasteiger partial charge is 0.457 e. The number of rotatable bonds is 11. The maximum atomic E-state index is 12.2. The number of ether oxygens (including phenoxy) is 4. The molecule has 174 valence electrons. The minimum atomic E-state index is -0.720. The van der Waals surface area contributed by atoms with Crippen LogP contribution in [0.15, 0.2) is 42.5 Å². The molecule has 2 rings (SSSR count). The Morgan fingerprint density at radius 2 is 1.90 bits per heavy atom. The van der Waals surface area contributed by atoms with E-state index in [9.17, 15) is 4.79 Å². The molecule has 0 aromatic heterocycles. The molecule has 1 saturated heterocycles. The molecule has 0 N–H and O–H groups in total. The van der Waals surface area contributed by atoms with Crippen LogP contribution in [0.3, 0.4) is 0 Å². The first kappa shape index (κ1) is 25.6. The summed E-state index contributed by atoms with van der Waals surface area (Å²) in [6.45, 7) is 17.2. The van der Waals surface area contributed by atoms with Crippen LogP contribution in [0.4, 0.5) is 0 Å². The van der Waals surface area contributed by atoms with Crippen molar-refractivity contribution in [2.75, 3.05) is 6.61 Å². The highest BCUT2D eigenvalue weighted by molar-refractivity contribution is 5.69. The molecule has 5 heteroatoms. The smallest absolute Gasteiger partial charge is 0.306 e. The normalized spacial score (nSPS) is 24.9. The molecule has 0 amide bonds. The zero-order valence-electron chi connectivity index (χ0n) is 20.1. The minimum absolute atomic E-state index is 0.0101. The molecular formula is C26H40O5. The lowest BCUT2D eigenvalue weighted by atomic mass is 9.82.